The van der Waals surface area contributed by atoms with E-state index in [1.54, 1.807) is 30.2 Å². The highest BCUT2D eigenvalue weighted by atomic mass is 32.1. The van der Waals surface area contributed by atoms with E-state index in [-0.39, 0.29) is 0 Å². The van der Waals surface area contributed by atoms with Crippen molar-refractivity contribution in [2.75, 3.05) is 7.05 Å². The second kappa shape index (κ2) is 5.23. The van der Waals surface area contributed by atoms with Crippen LogP contribution in [0.2, 0.25) is 0 Å². The van der Waals surface area contributed by atoms with E-state index in [4.69, 9.17) is 5.11 Å². The van der Waals surface area contributed by atoms with Crippen LogP contribution in [0, 0.1) is 0 Å². The molecule has 0 amide bonds. The molecule has 0 aliphatic heterocycles. The van der Waals surface area contributed by atoms with Gasteiger partial charge in [0.25, 0.3) is 0 Å². The van der Waals surface area contributed by atoms with Gasteiger partial charge in [-0.25, -0.2) is 4.98 Å². The number of carbonyl (C=O) groups is 1. The van der Waals surface area contributed by atoms with Crippen molar-refractivity contribution in [1.29, 1.82) is 0 Å². The van der Waals surface area contributed by atoms with Crippen molar-refractivity contribution in [3.05, 3.63) is 16.1 Å². The number of aliphatic carboxylic acids is 1. The van der Waals surface area contributed by atoms with Gasteiger partial charge >= 0.3 is 5.97 Å². The summed E-state index contributed by atoms with van der Waals surface area (Å²) in [6, 6.07) is -0.473. The standard InChI is InChI=1S/C10H16N2O2S/c1-4-8-5-11-9(15-8)6-12(3)7(2)10(13)14/h5,7H,4,6H2,1-3H3,(H,13,14)/t7-/m1/s1. The van der Waals surface area contributed by atoms with E-state index in [0.717, 1.165) is 11.4 Å². The molecule has 1 N–H and O–H groups in total. The highest BCUT2D eigenvalue weighted by Gasteiger charge is 2.17. The maximum Gasteiger partial charge on any atom is 0.320 e. The summed E-state index contributed by atoms with van der Waals surface area (Å²) in [7, 11) is 1.80. The van der Waals surface area contributed by atoms with Crippen LogP contribution in [0.4, 0.5) is 0 Å². The van der Waals surface area contributed by atoms with E-state index >= 15 is 0 Å². The average Bonchev–Trinajstić information content (AvgIpc) is 2.64. The summed E-state index contributed by atoms with van der Waals surface area (Å²) >= 11 is 1.64. The maximum atomic E-state index is 10.7. The minimum Gasteiger partial charge on any atom is -0.480 e. The van der Waals surface area contributed by atoms with Gasteiger partial charge in [0.15, 0.2) is 0 Å². The van der Waals surface area contributed by atoms with E-state index in [1.165, 1.54) is 4.88 Å². The van der Waals surface area contributed by atoms with Gasteiger partial charge in [-0.2, -0.15) is 0 Å². The molecule has 1 rings (SSSR count). The van der Waals surface area contributed by atoms with Crippen LogP contribution in [0.1, 0.15) is 23.7 Å². The number of aryl methyl sites for hydroxylation is 1. The van der Waals surface area contributed by atoms with Crippen molar-refractivity contribution in [3.8, 4) is 0 Å². The van der Waals surface area contributed by atoms with Crippen molar-refractivity contribution in [1.82, 2.24) is 9.88 Å². The topological polar surface area (TPSA) is 53.4 Å². The summed E-state index contributed by atoms with van der Waals surface area (Å²) in [4.78, 5) is 18.0. The van der Waals surface area contributed by atoms with Crippen molar-refractivity contribution < 1.29 is 9.90 Å². The average molecular weight is 228 g/mol. The summed E-state index contributed by atoms with van der Waals surface area (Å²) in [5.74, 6) is -0.801. The van der Waals surface area contributed by atoms with Gasteiger partial charge in [-0.05, 0) is 20.4 Å². The second-order valence-electron chi connectivity index (χ2n) is 3.50. The highest BCUT2D eigenvalue weighted by Crippen LogP contribution is 2.15. The van der Waals surface area contributed by atoms with Crippen LogP contribution in [0.15, 0.2) is 6.20 Å². The van der Waals surface area contributed by atoms with E-state index in [9.17, 15) is 4.79 Å². The predicted molar refractivity (Wildman–Crippen MR) is 60.1 cm³/mol. The van der Waals surface area contributed by atoms with Crippen molar-refractivity contribution in [3.63, 3.8) is 0 Å². The first-order valence-corrected chi connectivity index (χ1v) is 5.72. The van der Waals surface area contributed by atoms with Crippen LogP contribution in [-0.2, 0) is 17.8 Å². The molecule has 1 aromatic heterocycles. The van der Waals surface area contributed by atoms with Gasteiger partial charge in [0.1, 0.15) is 11.0 Å². The van der Waals surface area contributed by atoms with Crippen molar-refractivity contribution >= 4 is 17.3 Å². The van der Waals surface area contributed by atoms with Crippen LogP contribution in [0.25, 0.3) is 0 Å². The summed E-state index contributed by atoms with van der Waals surface area (Å²) in [6.45, 7) is 4.36. The molecular weight excluding hydrogens is 212 g/mol. The minimum absolute atomic E-state index is 0.473. The first-order valence-electron chi connectivity index (χ1n) is 4.91. The SMILES string of the molecule is CCc1cnc(CN(C)[C@H](C)C(=O)O)s1. The number of carboxylic acids is 1. The summed E-state index contributed by atoms with van der Waals surface area (Å²) in [5, 5.41) is 9.80. The molecule has 0 aliphatic carbocycles. The van der Waals surface area contributed by atoms with E-state index < -0.39 is 12.0 Å². The number of carboxylic acid groups (broad SMARTS) is 1. The Morgan fingerprint density at radius 3 is 2.87 bits per heavy atom. The molecule has 0 saturated carbocycles. The van der Waals surface area contributed by atoms with E-state index in [1.807, 2.05) is 6.20 Å². The summed E-state index contributed by atoms with van der Waals surface area (Å²) < 4.78 is 0. The highest BCUT2D eigenvalue weighted by molar-refractivity contribution is 7.11. The third kappa shape index (κ3) is 3.28. The van der Waals surface area contributed by atoms with Crippen LogP contribution in [0.5, 0.6) is 0 Å². The Labute approximate surface area is 93.6 Å². The first-order chi connectivity index (χ1) is 7.04. The molecule has 0 bridgehead atoms. The predicted octanol–water partition coefficient (Wildman–Crippen LogP) is 1.61. The zero-order chi connectivity index (χ0) is 11.4. The number of thiazole rings is 1. The monoisotopic (exact) mass is 228 g/mol. The number of hydrogen-bond acceptors (Lipinski definition) is 4. The first kappa shape index (κ1) is 12.1. The number of aromatic nitrogens is 1. The van der Waals surface area contributed by atoms with Crippen LogP contribution >= 0.6 is 11.3 Å². The Balaban J connectivity index is 2.57. The molecule has 4 nitrogen and oxygen atoms in total. The fourth-order valence-electron chi connectivity index (χ4n) is 1.12. The molecule has 0 aliphatic rings. The zero-order valence-corrected chi connectivity index (χ0v) is 10.0. The largest absolute Gasteiger partial charge is 0.480 e. The van der Waals surface area contributed by atoms with Gasteiger partial charge in [0.05, 0.1) is 6.54 Å². The molecule has 0 aromatic carbocycles. The number of likely N-dealkylation sites (N-methyl/N-ethyl adjacent to an activating group) is 1. The van der Waals surface area contributed by atoms with Crippen LogP contribution in [-0.4, -0.2) is 34.0 Å². The smallest absolute Gasteiger partial charge is 0.320 e. The number of hydrogen-bond donors (Lipinski definition) is 1. The molecule has 15 heavy (non-hydrogen) atoms. The number of nitrogens with zero attached hydrogens (tertiary/aromatic N) is 2. The van der Waals surface area contributed by atoms with Crippen LogP contribution < -0.4 is 0 Å². The molecule has 0 radical (unpaired) electrons. The molecule has 0 saturated heterocycles. The molecule has 1 aromatic rings. The molecule has 0 fully saturated rings. The fraction of sp³-hybridized carbons (Fsp3) is 0.600. The fourth-order valence-corrected chi connectivity index (χ4v) is 2.05. The lowest BCUT2D eigenvalue weighted by atomic mass is 10.3. The summed E-state index contributed by atoms with van der Waals surface area (Å²) in [6.07, 6.45) is 2.84. The Kier molecular flexibility index (Phi) is 4.23. The van der Waals surface area contributed by atoms with Crippen molar-refractivity contribution in [2.45, 2.75) is 32.9 Å². The van der Waals surface area contributed by atoms with Gasteiger partial charge in [0.2, 0.25) is 0 Å². The van der Waals surface area contributed by atoms with E-state index in [0.29, 0.717) is 6.54 Å². The maximum absolute atomic E-state index is 10.7. The van der Waals surface area contributed by atoms with E-state index in [2.05, 4.69) is 11.9 Å². The quantitative estimate of drug-likeness (QED) is 0.832. The Morgan fingerprint density at radius 2 is 2.40 bits per heavy atom. The Morgan fingerprint density at radius 1 is 1.73 bits per heavy atom. The third-order valence-corrected chi connectivity index (χ3v) is 3.48. The molecule has 1 atom stereocenters. The Bertz CT molecular complexity index is 338. The van der Waals surface area contributed by atoms with Gasteiger partial charge in [-0.15, -0.1) is 11.3 Å². The second-order valence-corrected chi connectivity index (χ2v) is 4.70. The Hall–Kier alpha value is -0.940. The van der Waals surface area contributed by atoms with Crippen LogP contribution in [0.3, 0.4) is 0 Å². The molecule has 84 valence electrons. The molecule has 0 unspecified atom stereocenters. The lowest BCUT2D eigenvalue weighted by molar-refractivity contribution is -0.142. The third-order valence-electron chi connectivity index (χ3n) is 2.35. The van der Waals surface area contributed by atoms with Gasteiger partial charge in [-0.3, -0.25) is 9.69 Å². The lowest BCUT2D eigenvalue weighted by Gasteiger charge is -2.19. The molecular formula is C10H16N2O2S. The van der Waals surface area contributed by atoms with Gasteiger partial charge in [0, 0.05) is 11.1 Å². The van der Waals surface area contributed by atoms with Gasteiger partial charge in [-0.1, -0.05) is 6.92 Å². The lowest BCUT2D eigenvalue weighted by Crippen LogP contribution is -2.35. The molecule has 5 heteroatoms. The number of rotatable bonds is 5. The zero-order valence-electron chi connectivity index (χ0n) is 9.23. The normalized spacial score (nSPS) is 13.1. The van der Waals surface area contributed by atoms with Gasteiger partial charge < -0.3 is 5.11 Å². The molecule has 0 spiro atoms. The van der Waals surface area contributed by atoms with Crippen molar-refractivity contribution in [2.24, 2.45) is 0 Å². The minimum atomic E-state index is -0.801. The summed E-state index contributed by atoms with van der Waals surface area (Å²) in [5.41, 5.74) is 0. The molecule has 1 heterocycles.